The zero-order valence-electron chi connectivity index (χ0n) is 14.0. The highest BCUT2D eigenvalue weighted by Gasteiger charge is 2.04. The van der Waals surface area contributed by atoms with Crippen molar-refractivity contribution in [2.24, 2.45) is 5.92 Å². The van der Waals surface area contributed by atoms with Gasteiger partial charge in [-0.15, -0.1) is 0 Å². The number of rotatable bonds is 11. The van der Waals surface area contributed by atoms with Crippen LogP contribution in [-0.2, 0) is 0 Å². The van der Waals surface area contributed by atoms with E-state index in [2.05, 4.69) is 33.0 Å². The quantitative estimate of drug-likeness (QED) is 0.618. The molecule has 1 aromatic rings. The zero-order chi connectivity index (χ0) is 15.5. The summed E-state index contributed by atoms with van der Waals surface area (Å²) >= 11 is 0. The molecule has 1 unspecified atom stereocenters. The van der Waals surface area contributed by atoms with Crippen LogP contribution in [0.15, 0.2) is 24.3 Å². The Hall–Kier alpha value is -1.22. The fourth-order valence-electron chi connectivity index (χ4n) is 2.03. The van der Waals surface area contributed by atoms with E-state index in [4.69, 9.17) is 9.47 Å². The third-order valence-corrected chi connectivity index (χ3v) is 3.15. The molecule has 3 nitrogen and oxygen atoms in total. The second kappa shape index (κ2) is 10.5. The Kier molecular flexibility index (Phi) is 8.91. The Bertz CT molecular complexity index is 362. The van der Waals surface area contributed by atoms with Crippen LogP contribution >= 0.6 is 0 Å². The van der Waals surface area contributed by atoms with Crippen molar-refractivity contribution in [3.63, 3.8) is 0 Å². The average molecular weight is 293 g/mol. The molecule has 0 aliphatic rings. The first-order valence-corrected chi connectivity index (χ1v) is 8.22. The van der Waals surface area contributed by atoms with E-state index in [1.165, 1.54) is 0 Å². The lowest BCUT2D eigenvalue weighted by molar-refractivity contribution is 0.207. The van der Waals surface area contributed by atoms with Crippen LogP contribution in [0.4, 0.5) is 0 Å². The van der Waals surface area contributed by atoms with Gasteiger partial charge in [-0.3, -0.25) is 0 Å². The van der Waals surface area contributed by atoms with E-state index in [1.54, 1.807) is 0 Å². The lowest BCUT2D eigenvalue weighted by atomic mass is 10.2. The molecule has 21 heavy (non-hydrogen) atoms. The number of hydrogen-bond donors (Lipinski definition) is 1. The van der Waals surface area contributed by atoms with Crippen molar-refractivity contribution in [3.8, 4) is 11.5 Å². The highest BCUT2D eigenvalue weighted by molar-refractivity contribution is 5.31. The van der Waals surface area contributed by atoms with Gasteiger partial charge in [0.1, 0.15) is 11.5 Å². The maximum Gasteiger partial charge on any atom is 0.119 e. The molecule has 0 bridgehead atoms. The molecule has 0 heterocycles. The van der Waals surface area contributed by atoms with Crippen LogP contribution in [0, 0.1) is 5.92 Å². The maximum atomic E-state index is 5.92. The second-order valence-electron chi connectivity index (χ2n) is 5.99. The number of hydrogen-bond acceptors (Lipinski definition) is 3. The Morgan fingerprint density at radius 2 is 1.71 bits per heavy atom. The fraction of sp³-hybridized carbons (Fsp3) is 0.667. The summed E-state index contributed by atoms with van der Waals surface area (Å²) in [4.78, 5) is 0. The Balaban J connectivity index is 2.20. The molecule has 1 rings (SSSR count). The van der Waals surface area contributed by atoms with Gasteiger partial charge in [-0.05, 0) is 69.5 Å². The second-order valence-corrected chi connectivity index (χ2v) is 5.99. The molecule has 120 valence electrons. The smallest absolute Gasteiger partial charge is 0.119 e. The molecule has 1 atom stereocenters. The standard InChI is InChI=1S/C18H31NO2/c1-5-13-20-17-8-10-18(11-9-17)21-16(4)7-6-12-19-14-15(2)3/h8-11,15-16,19H,5-7,12-14H2,1-4H3. The largest absolute Gasteiger partial charge is 0.494 e. The van der Waals surface area contributed by atoms with Gasteiger partial charge in [0.05, 0.1) is 12.7 Å². The molecule has 0 amide bonds. The predicted octanol–water partition coefficient (Wildman–Crippen LogP) is 4.27. The van der Waals surface area contributed by atoms with E-state index >= 15 is 0 Å². The van der Waals surface area contributed by atoms with Gasteiger partial charge in [0.25, 0.3) is 0 Å². The van der Waals surface area contributed by atoms with Gasteiger partial charge in [0, 0.05) is 0 Å². The molecule has 0 radical (unpaired) electrons. The minimum Gasteiger partial charge on any atom is -0.494 e. The SMILES string of the molecule is CCCOc1ccc(OC(C)CCCNCC(C)C)cc1. The van der Waals surface area contributed by atoms with Crippen molar-refractivity contribution in [3.05, 3.63) is 24.3 Å². The molecular weight excluding hydrogens is 262 g/mol. The lowest BCUT2D eigenvalue weighted by Crippen LogP contribution is -2.22. The summed E-state index contributed by atoms with van der Waals surface area (Å²) in [6, 6.07) is 7.92. The molecule has 0 aliphatic heterocycles. The minimum absolute atomic E-state index is 0.244. The van der Waals surface area contributed by atoms with E-state index in [0.717, 1.165) is 50.5 Å². The topological polar surface area (TPSA) is 30.5 Å². The van der Waals surface area contributed by atoms with Crippen LogP contribution in [-0.4, -0.2) is 25.8 Å². The Morgan fingerprint density at radius 3 is 2.33 bits per heavy atom. The summed E-state index contributed by atoms with van der Waals surface area (Å²) in [7, 11) is 0. The highest BCUT2D eigenvalue weighted by atomic mass is 16.5. The van der Waals surface area contributed by atoms with Gasteiger partial charge in [0.15, 0.2) is 0 Å². The normalized spacial score (nSPS) is 12.4. The van der Waals surface area contributed by atoms with Gasteiger partial charge in [-0.1, -0.05) is 20.8 Å². The van der Waals surface area contributed by atoms with Gasteiger partial charge in [0.2, 0.25) is 0 Å². The molecule has 0 spiro atoms. The van der Waals surface area contributed by atoms with Crippen LogP contribution in [0.1, 0.15) is 47.0 Å². The fourth-order valence-corrected chi connectivity index (χ4v) is 2.03. The first-order valence-electron chi connectivity index (χ1n) is 8.22. The molecule has 0 saturated carbocycles. The van der Waals surface area contributed by atoms with Gasteiger partial charge in [-0.25, -0.2) is 0 Å². The van der Waals surface area contributed by atoms with Gasteiger partial charge < -0.3 is 14.8 Å². The molecule has 0 aromatic heterocycles. The Labute approximate surface area is 130 Å². The van der Waals surface area contributed by atoms with Crippen LogP contribution in [0.3, 0.4) is 0 Å². The molecule has 0 fully saturated rings. The number of nitrogens with one attached hydrogen (secondary N) is 1. The predicted molar refractivity (Wildman–Crippen MR) is 89.3 cm³/mol. The third-order valence-electron chi connectivity index (χ3n) is 3.15. The first-order chi connectivity index (χ1) is 10.1. The molecule has 0 saturated heterocycles. The van der Waals surface area contributed by atoms with Crippen LogP contribution in [0.25, 0.3) is 0 Å². The van der Waals surface area contributed by atoms with E-state index in [1.807, 2.05) is 24.3 Å². The van der Waals surface area contributed by atoms with Crippen LogP contribution in [0.5, 0.6) is 11.5 Å². The lowest BCUT2D eigenvalue weighted by Gasteiger charge is -2.15. The summed E-state index contributed by atoms with van der Waals surface area (Å²) in [5.74, 6) is 2.54. The summed E-state index contributed by atoms with van der Waals surface area (Å²) in [5.41, 5.74) is 0. The highest BCUT2D eigenvalue weighted by Crippen LogP contribution is 2.19. The van der Waals surface area contributed by atoms with Crippen molar-refractivity contribution in [2.75, 3.05) is 19.7 Å². The molecule has 1 aromatic carbocycles. The number of benzene rings is 1. The zero-order valence-corrected chi connectivity index (χ0v) is 14.0. The third kappa shape index (κ3) is 8.61. The van der Waals surface area contributed by atoms with Gasteiger partial charge in [-0.2, -0.15) is 0 Å². The van der Waals surface area contributed by atoms with E-state index in [0.29, 0.717) is 5.92 Å². The number of ether oxygens (including phenoxy) is 2. The Morgan fingerprint density at radius 1 is 1.05 bits per heavy atom. The van der Waals surface area contributed by atoms with Crippen molar-refractivity contribution in [1.29, 1.82) is 0 Å². The summed E-state index contributed by atoms with van der Waals surface area (Å²) in [6.45, 7) is 11.6. The summed E-state index contributed by atoms with van der Waals surface area (Å²) in [5, 5.41) is 3.46. The van der Waals surface area contributed by atoms with Crippen molar-refractivity contribution >= 4 is 0 Å². The monoisotopic (exact) mass is 293 g/mol. The van der Waals surface area contributed by atoms with E-state index < -0.39 is 0 Å². The van der Waals surface area contributed by atoms with E-state index in [9.17, 15) is 0 Å². The van der Waals surface area contributed by atoms with Crippen molar-refractivity contribution in [1.82, 2.24) is 5.32 Å². The minimum atomic E-state index is 0.244. The van der Waals surface area contributed by atoms with Crippen LogP contribution < -0.4 is 14.8 Å². The molecule has 3 heteroatoms. The van der Waals surface area contributed by atoms with Crippen molar-refractivity contribution in [2.45, 2.75) is 53.1 Å². The molecule has 0 aliphatic carbocycles. The van der Waals surface area contributed by atoms with Gasteiger partial charge >= 0.3 is 0 Å². The average Bonchev–Trinajstić information content (AvgIpc) is 2.46. The summed E-state index contributed by atoms with van der Waals surface area (Å²) < 4.78 is 11.5. The van der Waals surface area contributed by atoms with Crippen LogP contribution in [0.2, 0.25) is 0 Å². The summed E-state index contributed by atoms with van der Waals surface area (Å²) in [6.07, 6.45) is 3.48. The van der Waals surface area contributed by atoms with Crippen molar-refractivity contribution < 1.29 is 9.47 Å². The molecule has 1 N–H and O–H groups in total. The van der Waals surface area contributed by atoms with E-state index in [-0.39, 0.29) is 6.10 Å². The maximum absolute atomic E-state index is 5.92. The molecular formula is C18H31NO2. The first kappa shape index (κ1) is 17.8.